The molecule has 0 N–H and O–H groups in total. The lowest BCUT2D eigenvalue weighted by atomic mass is 9.90. The summed E-state index contributed by atoms with van der Waals surface area (Å²) in [4.78, 5) is 49.0. The Balaban J connectivity index is 0.00000288. The van der Waals surface area contributed by atoms with Crippen molar-refractivity contribution in [3.63, 3.8) is 0 Å². The summed E-state index contributed by atoms with van der Waals surface area (Å²) in [6, 6.07) is 12.9. The second-order valence-corrected chi connectivity index (χ2v) is 11.9. The number of carbonyl (C=O) groups excluding carboxylic acids is 2. The average Bonchev–Trinajstić information content (AvgIpc) is 3.38. The minimum Gasteiger partial charge on any atom is -0.493 e. The van der Waals surface area contributed by atoms with Crippen molar-refractivity contribution in [2.45, 2.75) is 47.2 Å². The second kappa shape index (κ2) is 15.3. The molecule has 0 bridgehead atoms. The topological polar surface area (TPSA) is 101 Å². The van der Waals surface area contributed by atoms with Gasteiger partial charge in [0.25, 0.3) is 5.56 Å². The van der Waals surface area contributed by atoms with Gasteiger partial charge in [-0.25, -0.2) is 4.98 Å². The second-order valence-electron chi connectivity index (χ2n) is 11.6. The van der Waals surface area contributed by atoms with Crippen LogP contribution in [0.3, 0.4) is 0 Å². The van der Waals surface area contributed by atoms with Gasteiger partial charge in [0.1, 0.15) is 27.7 Å². The molecular weight excluding hydrogens is 653 g/mol. The molecule has 0 fully saturated rings. The molecule has 248 valence electrons. The number of carbonyl (C=O) groups is 2. The van der Waals surface area contributed by atoms with E-state index in [1.807, 2.05) is 50.2 Å². The zero-order valence-electron chi connectivity index (χ0n) is 26.6. The zero-order chi connectivity index (χ0) is 31.6. The Morgan fingerprint density at radius 3 is 2.50 bits per heavy atom. The van der Waals surface area contributed by atoms with Crippen molar-refractivity contribution in [3.05, 3.63) is 81.7 Å². The smallest absolute Gasteiger partial charge is 0.261 e. The van der Waals surface area contributed by atoms with Gasteiger partial charge in [0.15, 0.2) is 0 Å². The predicted molar refractivity (Wildman–Crippen MR) is 186 cm³/mol. The molecule has 0 spiro atoms. The van der Waals surface area contributed by atoms with Gasteiger partial charge < -0.3 is 23.5 Å². The van der Waals surface area contributed by atoms with E-state index in [2.05, 4.69) is 9.88 Å². The lowest BCUT2D eigenvalue weighted by Crippen LogP contribution is -2.47. The largest absolute Gasteiger partial charge is 0.493 e. The Morgan fingerprint density at radius 2 is 1.78 bits per heavy atom. The van der Waals surface area contributed by atoms with Crippen LogP contribution in [0, 0.1) is 12.3 Å². The fraction of sp³-hybridized carbons (Fsp3) is 0.394. The number of benzene rings is 1. The molecule has 0 atom stereocenters. The van der Waals surface area contributed by atoms with E-state index in [1.165, 1.54) is 0 Å². The summed E-state index contributed by atoms with van der Waals surface area (Å²) < 4.78 is 13.4. The molecule has 46 heavy (non-hydrogen) atoms. The van der Waals surface area contributed by atoms with E-state index < -0.39 is 5.41 Å². The van der Waals surface area contributed by atoms with Crippen LogP contribution in [0.15, 0.2) is 64.1 Å². The molecule has 0 saturated carbocycles. The third-order valence-corrected chi connectivity index (χ3v) is 8.43. The number of furan rings is 1. The van der Waals surface area contributed by atoms with Gasteiger partial charge in [-0.2, -0.15) is 0 Å². The number of hydrogen-bond donors (Lipinski definition) is 0. The highest BCUT2D eigenvalue weighted by Gasteiger charge is 2.45. The minimum atomic E-state index is -1.17. The van der Waals surface area contributed by atoms with Crippen LogP contribution in [0.5, 0.6) is 5.75 Å². The first-order valence-electron chi connectivity index (χ1n) is 14.8. The highest BCUT2D eigenvalue weighted by atomic mass is 35.5. The fourth-order valence-electron chi connectivity index (χ4n) is 5.63. The number of amides is 2. The Bertz CT molecular complexity index is 1760. The molecular formula is C33H40Cl3N5O5. The average molecular weight is 693 g/mol. The van der Waals surface area contributed by atoms with Crippen molar-refractivity contribution in [2.24, 2.45) is 5.41 Å². The molecule has 1 aromatic carbocycles. The predicted octanol–water partition coefficient (Wildman–Crippen LogP) is 6.12. The van der Waals surface area contributed by atoms with Gasteiger partial charge >= 0.3 is 0 Å². The van der Waals surface area contributed by atoms with Gasteiger partial charge in [0.2, 0.25) is 11.8 Å². The van der Waals surface area contributed by atoms with Crippen LogP contribution < -0.4 is 20.1 Å². The summed E-state index contributed by atoms with van der Waals surface area (Å²) in [5.74, 6) is 0.835. The monoisotopic (exact) mass is 691 g/mol. The Hall–Kier alpha value is -3.57. The maximum Gasteiger partial charge on any atom is 0.261 e. The number of pyridine rings is 2. The number of ether oxygens (including phenoxy) is 1. The van der Waals surface area contributed by atoms with Crippen LogP contribution in [0.25, 0.3) is 11.0 Å². The normalized spacial score (nSPS) is 14.2. The van der Waals surface area contributed by atoms with E-state index in [1.54, 1.807) is 53.7 Å². The summed E-state index contributed by atoms with van der Waals surface area (Å²) in [6.07, 6.45) is 4.12. The Labute approximate surface area is 286 Å². The highest BCUT2D eigenvalue weighted by Crippen LogP contribution is 2.40. The molecule has 1 aliphatic rings. The molecule has 10 nitrogen and oxygen atoms in total. The Kier molecular flexibility index (Phi) is 12.3. The molecule has 13 heteroatoms. The Morgan fingerprint density at radius 1 is 1.02 bits per heavy atom. The fourth-order valence-corrected chi connectivity index (χ4v) is 5.80. The molecule has 0 unspecified atom stereocenters. The molecule has 4 heterocycles. The van der Waals surface area contributed by atoms with E-state index in [4.69, 9.17) is 20.8 Å². The molecule has 2 amide bonds. The van der Waals surface area contributed by atoms with Crippen LogP contribution in [-0.2, 0) is 22.7 Å². The molecule has 4 aromatic rings. The number of aryl methyl sites for hydroxylation is 1. The summed E-state index contributed by atoms with van der Waals surface area (Å²) >= 11 is 6.38. The summed E-state index contributed by atoms with van der Waals surface area (Å²) in [5.41, 5.74) is 1.56. The lowest BCUT2D eigenvalue weighted by molar-refractivity contribution is -0.137. The third kappa shape index (κ3) is 7.52. The van der Waals surface area contributed by atoms with Crippen LogP contribution in [0.1, 0.15) is 38.5 Å². The van der Waals surface area contributed by atoms with Gasteiger partial charge in [0, 0.05) is 63.8 Å². The number of halogens is 3. The number of nitrogens with zero attached hydrogens (tertiary/aromatic N) is 5. The maximum absolute atomic E-state index is 13.2. The lowest BCUT2D eigenvalue weighted by Gasteiger charge is -2.27. The van der Waals surface area contributed by atoms with Gasteiger partial charge in [-0.1, -0.05) is 17.7 Å². The van der Waals surface area contributed by atoms with Gasteiger partial charge in [0.05, 0.1) is 23.4 Å². The number of fused-ring (bicyclic) bond motifs is 2. The van der Waals surface area contributed by atoms with E-state index in [9.17, 15) is 14.4 Å². The van der Waals surface area contributed by atoms with E-state index in [0.717, 1.165) is 5.56 Å². The number of anilines is 2. The van der Waals surface area contributed by atoms with Crippen molar-refractivity contribution in [3.8, 4) is 5.75 Å². The quantitative estimate of drug-likeness (QED) is 0.106. The molecule has 0 saturated heterocycles. The van der Waals surface area contributed by atoms with Crippen LogP contribution in [-0.4, -0.2) is 59.6 Å². The number of aromatic nitrogens is 2. The first-order valence-corrected chi connectivity index (χ1v) is 15.2. The van der Waals surface area contributed by atoms with Crippen molar-refractivity contribution < 1.29 is 18.7 Å². The van der Waals surface area contributed by atoms with Crippen LogP contribution in [0.2, 0.25) is 5.15 Å². The first kappa shape index (κ1) is 36.9. The van der Waals surface area contributed by atoms with Crippen molar-refractivity contribution in [1.29, 1.82) is 0 Å². The maximum atomic E-state index is 13.2. The van der Waals surface area contributed by atoms with Gasteiger partial charge in [-0.3, -0.25) is 19.3 Å². The van der Waals surface area contributed by atoms with Gasteiger partial charge in [-0.05, 0) is 64.4 Å². The van der Waals surface area contributed by atoms with Crippen LogP contribution in [0.4, 0.5) is 11.4 Å². The molecule has 0 aliphatic carbocycles. The molecule has 1 aliphatic heterocycles. The van der Waals surface area contributed by atoms with E-state index >= 15 is 0 Å². The van der Waals surface area contributed by atoms with Gasteiger partial charge in [-0.15, -0.1) is 24.8 Å². The molecule has 0 radical (unpaired) electrons. The third-order valence-electron chi connectivity index (χ3n) is 8.09. The van der Waals surface area contributed by atoms with Crippen LogP contribution >= 0.6 is 36.4 Å². The van der Waals surface area contributed by atoms with Crippen molar-refractivity contribution in [2.75, 3.05) is 43.1 Å². The summed E-state index contributed by atoms with van der Waals surface area (Å²) in [6.45, 7) is 10.3. The molecule has 5 rings (SSSR count). The number of rotatable bonds is 11. The SMILES string of the molecule is CCN1C(=O)C(C)(C)C(=O)N(C)c2cc(OCCCN(CCn3ccc4oc(C)cc4c3=O)Cc3cccnc3Cl)ccc21.Cl.Cl. The number of hydrogen-bond acceptors (Lipinski definition) is 7. The summed E-state index contributed by atoms with van der Waals surface area (Å²) in [5, 5.41) is 1.02. The standard InChI is InChI=1S/C33H38ClN5O5.2ClH/c1-6-39-26-11-10-24(20-27(26)36(5)31(41)33(3,4)32(39)42)43-18-8-14-37(21-23-9-7-13-35-29(23)34)16-17-38-15-12-28-25(30(38)40)19-22(2)44-28;;/h7,9-13,15,19-20H,6,8,14,16-18,21H2,1-5H3;2*1H. The zero-order valence-corrected chi connectivity index (χ0v) is 29.0. The first-order chi connectivity index (χ1) is 21.0. The highest BCUT2D eigenvalue weighted by molar-refractivity contribution is 6.30. The van der Waals surface area contributed by atoms with Crippen molar-refractivity contribution >= 4 is 70.6 Å². The minimum absolute atomic E-state index is 0. The van der Waals surface area contributed by atoms with E-state index in [0.29, 0.717) is 84.8 Å². The van der Waals surface area contributed by atoms with Crippen molar-refractivity contribution in [1.82, 2.24) is 14.5 Å². The summed E-state index contributed by atoms with van der Waals surface area (Å²) in [7, 11) is 1.69. The molecule has 3 aromatic heterocycles. The van der Waals surface area contributed by atoms with E-state index in [-0.39, 0.29) is 42.2 Å².